The smallest absolute Gasteiger partial charge is 0.198 e. The Kier molecular flexibility index (Phi) is 2.88. The minimum atomic E-state index is 0.668. The van der Waals surface area contributed by atoms with Gasteiger partial charge in [0.2, 0.25) is 0 Å². The van der Waals surface area contributed by atoms with E-state index in [0.717, 1.165) is 36.1 Å². The summed E-state index contributed by atoms with van der Waals surface area (Å²) in [5, 5.41) is 0.668. The fourth-order valence-electron chi connectivity index (χ4n) is 1.96. The molecule has 92 valence electrons. The summed E-state index contributed by atoms with van der Waals surface area (Å²) in [4.78, 5) is 13.4. The minimum absolute atomic E-state index is 0.668. The maximum Gasteiger partial charge on any atom is 0.198 e. The van der Waals surface area contributed by atoms with Crippen molar-refractivity contribution in [3.8, 4) is 0 Å². The van der Waals surface area contributed by atoms with E-state index in [2.05, 4.69) is 26.4 Å². The Bertz CT molecular complexity index is 705. The first-order valence-corrected chi connectivity index (χ1v) is 6.44. The summed E-state index contributed by atoms with van der Waals surface area (Å²) in [5.74, 6) is 0. The fraction of sp³-hybridized carbons (Fsp3) is 0.308. The Balaban J connectivity index is 2.17. The summed E-state index contributed by atoms with van der Waals surface area (Å²) in [7, 11) is 0. The molecule has 1 aromatic carbocycles. The van der Waals surface area contributed by atoms with Crippen LogP contribution in [0.4, 0.5) is 0 Å². The SMILES string of the molecule is CCCCn1cnc2nc3cc(Cl)ccc3nc21. The van der Waals surface area contributed by atoms with Crippen LogP contribution in [0.15, 0.2) is 24.5 Å². The molecule has 0 saturated carbocycles. The van der Waals surface area contributed by atoms with Crippen molar-refractivity contribution in [3.05, 3.63) is 29.5 Å². The Morgan fingerprint density at radius 2 is 2.11 bits per heavy atom. The number of aromatic nitrogens is 4. The largest absolute Gasteiger partial charge is 0.314 e. The number of fused-ring (bicyclic) bond motifs is 2. The zero-order chi connectivity index (χ0) is 12.5. The molecule has 0 aliphatic carbocycles. The van der Waals surface area contributed by atoms with Crippen LogP contribution in [0.5, 0.6) is 0 Å². The lowest BCUT2D eigenvalue weighted by atomic mass is 10.3. The van der Waals surface area contributed by atoms with Gasteiger partial charge in [-0.15, -0.1) is 0 Å². The molecule has 0 N–H and O–H groups in total. The van der Waals surface area contributed by atoms with Gasteiger partial charge in [0.05, 0.1) is 17.4 Å². The van der Waals surface area contributed by atoms with Crippen LogP contribution in [0.2, 0.25) is 5.02 Å². The van der Waals surface area contributed by atoms with E-state index in [9.17, 15) is 0 Å². The fourth-order valence-corrected chi connectivity index (χ4v) is 2.13. The monoisotopic (exact) mass is 260 g/mol. The summed E-state index contributed by atoms with van der Waals surface area (Å²) >= 11 is 5.95. The molecule has 18 heavy (non-hydrogen) atoms. The number of unbranched alkanes of at least 4 members (excludes halogenated alkanes) is 1. The number of nitrogens with zero attached hydrogens (tertiary/aromatic N) is 4. The van der Waals surface area contributed by atoms with Crippen LogP contribution >= 0.6 is 11.6 Å². The van der Waals surface area contributed by atoms with Gasteiger partial charge in [-0.05, 0) is 24.6 Å². The maximum atomic E-state index is 5.95. The third-order valence-electron chi connectivity index (χ3n) is 2.93. The van der Waals surface area contributed by atoms with Gasteiger partial charge >= 0.3 is 0 Å². The van der Waals surface area contributed by atoms with Gasteiger partial charge in [0.1, 0.15) is 0 Å². The van der Waals surface area contributed by atoms with Gasteiger partial charge in [-0.3, -0.25) is 0 Å². The molecular formula is C13H13ClN4. The highest BCUT2D eigenvalue weighted by atomic mass is 35.5. The molecule has 2 heterocycles. The van der Waals surface area contributed by atoms with Gasteiger partial charge in [0.15, 0.2) is 11.3 Å². The summed E-state index contributed by atoms with van der Waals surface area (Å²) < 4.78 is 2.06. The predicted molar refractivity (Wildman–Crippen MR) is 72.7 cm³/mol. The lowest BCUT2D eigenvalue weighted by molar-refractivity contribution is 0.642. The van der Waals surface area contributed by atoms with Crippen LogP contribution in [0.3, 0.4) is 0 Å². The second-order valence-electron chi connectivity index (χ2n) is 4.30. The van der Waals surface area contributed by atoms with E-state index in [1.807, 2.05) is 18.2 Å². The number of benzene rings is 1. The second kappa shape index (κ2) is 4.53. The summed E-state index contributed by atoms with van der Waals surface area (Å²) in [6, 6.07) is 5.53. The maximum absolute atomic E-state index is 5.95. The summed E-state index contributed by atoms with van der Waals surface area (Å²) in [6.07, 6.45) is 4.07. The number of imidazole rings is 1. The zero-order valence-electron chi connectivity index (χ0n) is 10.1. The Morgan fingerprint density at radius 3 is 2.94 bits per heavy atom. The molecule has 0 spiro atoms. The predicted octanol–water partition coefficient (Wildman–Crippen LogP) is 3.43. The van der Waals surface area contributed by atoms with Crippen molar-refractivity contribution < 1.29 is 0 Å². The van der Waals surface area contributed by atoms with Crippen molar-refractivity contribution in [2.45, 2.75) is 26.3 Å². The summed E-state index contributed by atoms with van der Waals surface area (Å²) in [5.41, 5.74) is 3.17. The van der Waals surface area contributed by atoms with Gasteiger partial charge in [0.25, 0.3) is 0 Å². The van der Waals surface area contributed by atoms with E-state index >= 15 is 0 Å². The van der Waals surface area contributed by atoms with Crippen LogP contribution in [0.25, 0.3) is 22.3 Å². The molecule has 0 atom stereocenters. The van der Waals surface area contributed by atoms with Crippen LogP contribution in [0.1, 0.15) is 19.8 Å². The normalized spacial score (nSPS) is 11.4. The number of hydrogen-bond acceptors (Lipinski definition) is 3. The molecule has 0 unspecified atom stereocenters. The average Bonchev–Trinajstić information content (AvgIpc) is 2.76. The molecule has 0 aliphatic rings. The highest BCUT2D eigenvalue weighted by Crippen LogP contribution is 2.19. The summed E-state index contributed by atoms with van der Waals surface area (Å²) in [6.45, 7) is 3.10. The lowest BCUT2D eigenvalue weighted by Gasteiger charge is -2.02. The highest BCUT2D eigenvalue weighted by Gasteiger charge is 2.07. The van der Waals surface area contributed by atoms with Crippen molar-refractivity contribution in [1.29, 1.82) is 0 Å². The van der Waals surface area contributed by atoms with Crippen molar-refractivity contribution in [1.82, 2.24) is 19.5 Å². The van der Waals surface area contributed by atoms with Gasteiger partial charge in [0, 0.05) is 11.6 Å². The van der Waals surface area contributed by atoms with E-state index < -0.39 is 0 Å². The molecule has 0 bridgehead atoms. The molecule has 3 rings (SSSR count). The standard InChI is InChI=1S/C13H13ClN4/c1-2-3-6-18-8-15-12-13(18)17-10-5-4-9(14)7-11(10)16-12/h4-5,7-8H,2-3,6H2,1H3. The van der Waals surface area contributed by atoms with Gasteiger partial charge in [-0.25, -0.2) is 15.0 Å². The molecule has 0 aliphatic heterocycles. The zero-order valence-corrected chi connectivity index (χ0v) is 10.9. The van der Waals surface area contributed by atoms with Crippen LogP contribution in [0, 0.1) is 0 Å². The van der Waals surface area contributed by atoms with E-state index in [1.165, 1.54) is 0 Å². The number of aryl methyl sites for hydroxylation is 1. The molecule has 2 aromatic heterocycles. The van der Waals surface area contributed by atoms with Crippen molar-refractivity contribution in [2.75, 3.05) is 0 Å². The number of rotatable bonds is 3. The van der Waals surface area contributed by atoms with Crippen molar-refractivity contribution in [2.24, 2.45) is 0 Å². The third-order valence-corrected chi connectivity index (χ3v) is 3.17. The third kappa shape index (κ3) is 1.93. The molecule has 0 saturated heterocycles. The molecule has 4 nitrogen and oxygen atoms in total. The van der Waals surface area contributed by atoms with E-state index in [-0.39, 0.29) is 0 Å². The van der Waals surface area contributed by atoms with E-state index in [1.54, 1.807) is 6.33 Å². The molecule has 5 heteroatoms. The topological polar surface area (TPSA) is 43.6 Å². The quantitative estimate of drug-likeness (QED) is 0.725. The molecule has 3 aromatic rings. The first kappa shape index (κ1) is 11.4. The number of halogens is 1. The van der Waals surface area contributed by atoms with Crippen LogP contribution in [-0.4, -0.2) is 19.5 Å². The Labute approximate surface area is 110 Å². The van der Waals surface area contributed by atoms with E-state index in [0.29, 0.717) is 10.7 Å². The second-order valence-corrected chi connectivity index (χ2v) is 4.73. The van der Waals surface area contributed by atoms with Crippen LogP contribution in [-0.2, 0) is 6.54 Å². The molecule has 0 fully saturated rings. The number of hydrogen-bond donors (Lipinski definition) is 0. The van der Waals surface area contributed by atoms with Crippen LogP contribution < -0.4 is 0 Å². The molecular weight excluding hydrogens is 248 g/mol. The van der Waals surface area contributed by atoms with E-state index in [4.69, 9.17) is 11.6 Å². The molecule has 0 amide bonds. The van der Waals surface area contributed by atoms with Gasteiger partial charge < -0.3 is 4.57 Å². The van der Waals surface area contributed by atoms with Crippen molar-refractivity contribution >= 4 is 33.9 Å². The molecule has 0 radical (unpaired) electrons. The first-order valence-electron chi connectivity index (χ1n) is 6.06. The lowest BCUT2D eigenvalue weighted by Crippen LogP contribution is -1.98. The van der Waals surface area contributed by atoms with Gasteiger partial charge in [-0.1, -0.05) is 24.9 Å². The Hall–Kier alpha value is -1.68. The van der Waals surface area contributed by atoms with Crippen molar-refractivity contribution in [3.63, 3.8) is 0 Å². The minimum Gasteiger partial charge on any atom is -0.314 e. The highest BCUT2D eigenvalue weighted by molar-refractivity contribution is 6.31. The average molecular weight is 261 g/mol. The van der Waals surface area contributed by atoms with Gasteiger partial charge in [-0.2, -0.15) is 0 Å². The Morgan fingerprint density at radius 1 is 1.22 bits per heavy atom. The first-order chi connectivity index (χ1) is 8.78.